The summed E-state index contributed by atoms with van der Waals surface area (Å²) in [5.74, 6) is 0.0906. The van der Waals surface area contributed by atoms with E-state index in [1.54, 1.807) is 11.0 Å². The number of carbonyl (C=O) groups is 2. The van der Waals surface area contributed by atoms with Gasteiger partial charge in [0.05, 0.1) is 5.69 Å². The molecule has 0 saturated heterocycles. The molecule has 2 aliphatic rings. The van der Waals surface area contributed by atoms with Gasteiger partial charge in [0.25, 0.3) is 0 Å². The van der Waals surface area contributed by atoms with Crippen LogP contribution in [0.5, 0.6) is 5.75 Å². The highest BCUT2D eigenvalue weighted by atomic mass is 35.5. The molecule has 1 aliphatic heterocycles. The average molecular weight is 541 g/mol. The number of ether oxygens (including phenoxy) is 1. The van der Waals surface area contributed by atoms with Crippen LogP contribution in [0, 0.1) is 0 Å². The third-order valence-electron chi connectivity index (χ3n) is 7.93. The summed E-state index contributed by atoms with van der Waals surface area (Å²) in [7, 11) is 0. The fourth-order valence-electron chi connectivity index (χ4n) is 6.03. The van der Waals surface area contributed by atoms with Crippen molar-refractivity contribution < 1.29 is 19.4 Å². The predicted octanol–water partition coefficient (Wildman–Crippen LogP) is 6.49. The maximum atomic E-state index is 13.5. The van der Waals surface area contributed by atoms with Crippen LogP contribution in [0.4, 0.5) is 10.5 Å². The topological polar surface area (TPSA) is 70.1 Å². The summed E-state index contributed by atoms with van der Waals surface area (Å²) >= 11 is 6.32. The van der Waals surface area contributed by atoms with Crippen molar-refractivity contribution in [2.45, 2.75) is 18.8 Å². The Morgan fingerprint density at radius 2 is 1.59 bits per heavy atom. The van der Waals surface area contributed by atoms with Crippen LogP contribution >= 0.6 is 11.6 Å². The minimum absolute atomic E-state index is 0.0537. The van der Waals surface area contributed by atoms with E-state index in [0.29, 0.717) is 24.7 Å². The molecule has 1 aliphatic carbocycles. The van der Waals surface area contributed by atoms with Crippen LogP contribution in [0.1, 0.15) is 35.4 Å². The predicted molar refractivity (Wildman–Crippen MR) is 154 cm³/mol. The smallest absolute Gasteiger partial charge is 0.410 e. The minimum atomic E-state index is -0.526. The summed E-state index contributed by atoms with van der Waals surface area (Å²) in [5.41, 5.74) is 6.20. The SMILES string of the molecule is CCN(CC(=O)N1CC(CCl)c2c1cc(O)c1ccccc21)C(=O)OCC1c2ccccc2-c2ccccc21. The number of aromatic hydroxyl groups is 1. The summed E-state index contributed by atoms with van der Waals surface area (Å²) < 4.78 is 5.80. The Labute approximate surface area is 232 Å². The normalized spacial score (nSPS) is 15.6. The molecule has 7 heteroatoms. The van der Waals surface area contributed by atoms with E-state index in [9.17, 15) is 14.7 Å². The third-order valence-corrected chi connectivity index (χ3v) is 8.31. The second-order valence-corrected chi connectivity index (χ2v) is 10.4. The molecule has 0 bridgehead atoms. The average Bonchev–Trinajstić information content (AvgIpc) is 3.50. The van der Waals surface area contributed by atoms with Crippen LogP contribution in [-0.2, 0) is 9.53 Å². The third kappa shape index (κ3) is 4.29. The van der Waals surface area contributed by atoms with Crippen molar-refractivity contribution >= 4 is 40.1 Å². The largest absolute Gasteiger partial charge is 0.507 e. The highest BCUT2D eigenvalue weighted by Gasteiger charge is 2.36. The fraction of sp³-hybridized carbons (Fsp3) is 0.250. The number of anilines is 1. The van der Waals surface area contributed by atoms with Crippen molar-refractivity contribution in [1.29, 1.82) is 0 Å². The lowest BCUT2D eigenvalue weighted by atomic mass is 9.95. The van der Waals surface area contributed by atoms with Gasteiger partial charge in [0.1, 0.15) is 18.9 Å². The molecule has 39 heavy (non-hydrogen) atoms. The molecule has 0 spiro atoms. The van der Waals surface area contributed by atoms with Gasteiger partial charge in [-0.05, 0) is 40.1 Å². The van der Waals surface area contributed by atoms with Gasteiger partial charge in [-0.2, -0.15) is 0 Å². The van der Waals surface area contributed by atoms with Crippen LogP contribution in [0.2, 0.25) is 0 Å². The maximum absolute atomic E-state index is 13.5. The molecule has 4 aromatic rings. The van der Waals surface area contributed by atoms with Gasteiger partial charge < -0.3 is 14.7 Å². The number of carbonyl (C=O) groups excluding carboxylic acids is 2. The summed E-state index contributed by atoms with van der Waals surface area (Å²) in [4.78, 5) is 29.8. The molecule has 6 rings (SSSR count). The summed E-state index contributed by atoms with van der Waals surface area (Å²) in [5, 5.41) is 12.3. The quantitative estimate of drug-likeness (QED) is 0.284. The first kappa shape index (κ1) is 25.3. The number of likely N-dealkylation sites (N-methyl/N-ethyl adjacent to an activating group) is 1. The van der Waals surface area contributed by atoms with Crippen LogP contribution in [0.25, 0.3) is 21.9 Å². The molecule has 0 radical (unpaired) electrons. The van der Waals surface area contributed by atoms with Crippen LogP contribution in [0.15, 0.2) is 78.9 Å². The Morgan fingerprint density at radius 3 is 2.23 bits per heavy atom. The Hall–Kier alpha value is -4.03. The molecular formula is C32H29ClN2O4. The van der Waals surface area contributed by atoms with Crippen LogP contribution < -0.4 is 4.90 Å². The molecule has 1 heterocycles. The van der Waals surface area contributed by atoms with Crippen LogP contribution in [-0.4, -0.2) is 54.1 Å². The number of benzene rings is 4. The van der Waals surface area contributed by atoms with E-state index < -0.39 is 6.09 Å². The molecule has 1 atom stereocenters. The van der Waals surface area contributed by atoms with E-state index >= 15 is 0 Å². The number of phenols is 1. The number of phenolic OH excluding ortho intramolecular Hbond substituents is 1. The zero-order valence-corrected chi connectivity index (χ0v) is 22.4. The van der Waals surface area contributed by atoms with E-state index in [1.807, 2.05) is 55.5 Å². The van der Waals surface area contributed by atoms with E-state index in [4.69, 9.17) is 16.3 Å². The second-order valence-electron chi connectivity index (χ2n) is 10.0. The number of nitrogens with zero attached hydrogens (tertiary/aromatic N) is 2. The molecule has 6 nitrogen and oxygen atoms in total. The zero-order valence-electron chi connectivity index (χ0n) is 21.6. The van der Waals surface area contributed by atoms with E-state index in [2.05, 4.69) is 24.3 Å². The zero-order chi connectivity index (χ0) is 27.1. The van der Waals surface area contributed by atoms with Crippen molar-refractivity contribution in [2.24, 2.45) is 0 Å². The maximum Gasteiger partial charge on any atom is 0.410 e. The Bertz CT molecular complexity index is 1540. The van der Waals surface area contributed by atoms with E-state index in [0.717, 1.165) is 38.6 Å². The van der Waals surface area contributed by atoms with Gasteiger partial charge >= 0.3 is 6.09 Å². The van der Waals surface area contributed by atoms with Gasteiger partial charge in [-0.25, -0.2) is 4.79 Å². The Kier molecular flexibility index (Phi) is 6.65. The number of hydrogen-bond acceptors (Lipinski definition) is 4. The lowest BCUT2D eigenvalue weighted by molar-refractivity contribution is -0.119. The number of hydrogen-bond donors (Lipinski definition) is 1. The van der Waals surface area contributed by atoms with Crippen molar-refractivity contribution in [2.75, 3.05) is 37.0 Å². The van der Waals surface area contributed by atoms with Gasteiger partial charge in [0.15, 0.2) is 0 Å². The molecule has 2 amide bonds. The molecular weight excluding hydrogens is 512 g/mol. The van der Waals surface area contributed by atoms with E-state index in [1.165, 1.54) is 4.90 Å². The molecule has 1 N–H and O–H groups in total. The Morgan fingerprint density at radius 1 is 0.974 bits per heavy atom. The minimum Gasteiger partial charge on any atom is -0.507 e. The summed E-state index contributed by atoms with van der Waals surface area (Å²) in [6, 6.07) is 25.6. The summed E-state index contributed by atoms with van der Waals surface area (Å²) in [6.45, 7) is 2.61. The van der Waals surface area contributed by atoms with Crippen molar-refractivity contribution in [3.05, 3.63) is 95.6 Å². The number of alkyl halides is 1. The molecule has 0 saturated carbocycles. The molecule has 0 fully saturated rings. The monoisotopic (exact) mass is 540 g/mol. The van der Waals surface area contributed by atoms with Gasteiger partial charge in [0.2, 0.25) is 5.91 Å². The number of fused-ring (bicyclic) bond motifs is 6. The first-order valence-corrected chi connectivity index (χ1v) is 13.8. The highest BCUT2D eigenvalue weighted by molar-refractivity contribution is 6.19. The lowest BCUT2D eigenvalue weighted by Crippen LogP contribution is -2.43. The fourth-order valence-corrected chi connectivity index (χ4v) is 6.28. The molecule has 4 aromatic carbocycles. The van der Waals surface area contributed by atoms with Crippen molar-refractivity contribution in [1.82, 2.24) is 4.90 Å². The van der Waals surface area contributed by atoms with Crippen LogP contribution in [0.3, 0.4) is 0 Å². The van der Waals surface area contributed by atoms with Gasteiger partial charge in [0, 0.05) is 42.3 Å². The highest BCUT2D eigenvalue weighted by Crippen LogP contribution is 2.46. The van der Waals surface area contributed by atoms with Gasteiger partial charge in [-0.1, -0.05) is 72.8 Å². The number of halogens is 1. The van der Waals surface area contributed by atoms with Crippen molar-refractivity contribution in [3.63, 3.8) is 0 Å². The molecule has 0 aromatic heterocycles. The first-order chi connectivity index (χ1) is 19.0. The van der Waals surface area contributed by atoms with Crippen molar-refractivity contribution in [3.8, 4) is 16.9 Å². The van der Waals surface area contributed by atoms with Gasteiger partial charge in [-0.3, -0.25) is 9.69 Å². The Balaban J connectivity index is 1.19. The molecule has 1 unspecified atom stereocenters. The summed E-state index contributed by atoms with van der Waals surface area (Å²) in [6.07, 6.45) is -0.526. The lowest BCUT2D eigenvalue weighted by Gasteiger charge is -2.25. The van der Waals surface area contributed by atoms with E-state index in [-0.39, 0.29) is 36.6 Å². The number of amides is 2. The first-order valence-electron chi connectivity index (χ1n) is 13.2. The standard InChI is InChI=1S/C32H29ClN2O4/c1-2-34(32(38)39-19-27-23-11-5-3-9-21(23)22-10-4-6-12-24(22)27)18-30(37)35-17-20(16-33)31-26-14-8-7-13-25(26)29(36)15-28(31)35/h3-15,20,27,36H,2,16-19H2,1H3. The van der Waals surface area contributed by atoms with Gasteiger partial charge in [-0.15, -0.1) is 11.6 Å². The second kappa shape index (κ2) is 10.3. The number of rotatable bonds is 6. The molecule has 198 valence electrons.